The summed E-state index contributed by atoms with van der Waals surface area (Å²) in [6.45, 7) is 3.87. The van der Waals surface area contributed by atoms with E-state index >= 15 is 0 Å². The highest BCUT2D eigenvalue weighted by atomic mass is 35.5. The fraction of sp³-hybridized carbons (Fsp3) is 0.588. The molecule has 23 heavy (non-hydrogen) atoms. The maximum absolute atomic E-state index is 12.7. The molecule has 0 aliphatic carbocycles. The molecule has 1 aromatic rings. The number of aliphatic hydroxyl groups excluding tert-OH is 1. The fourth-order valence-corrected chi connectivity index (χ4v) is 3.56. The van der Waals surface area contributed by atoms with Crippen molar-refractivity contribution < 1.29 is 14.6 Å². The molecule has 2 aliphatic heterocycles. The van der Waals surface area contributed by atoms with Crippen molar-refractivity contribution in [2.75, 3.05) is 39.4 Å². The first-order chi connectivity index (χ1) is 11.1. The number of β-amino-alcohol motifs (C(OH)–C–C–N with tert-alkyl or cyclic N) is 1. The topological polar surface area (TPSA) is 53.0 Å². The molecular formula is C17H23ClN2O3. The molecule has 1 aromatic carbocycles. The molecule has 1 N–H and O–H groups in total. The monoisotopic (exact) mass is 338 g/mol. The normalized spacial score (nSPS) is 23.9. The van der Waals surface area contributed by atoms with E-state index in [2.05, 4.69) is 4.90 Å². The summed E-state index contributed by atoms with van der Waals surface area (Å²) in [6, 6.07) is 7.15. The lowest BCUT2D eigenvalue weighted by molar-refractivity contribution is -0.140. The molecule has 2 unspecified atom stereocenters. The number of ether oxygens (including phenoxy) is 1. The quantitative estimate of drug-likeness (QED) is 0.908. The SMILES string of the molecule is O=C(C1CCCN1CC(O)c1cccc(Cl)c1)N1CCOCC1. The third kappa shape index (κ3) is 4.04. The van der Waals surface area contributed by atoms with Gasteiger partial charge in [0.05, 0.1) is 25.4 Å². The number of aliphatic hydroxyl groups is 1. The largest absolute Gasteiger partial charge is 0.387 e. The van der Waals surface area contributed by atoms with Gasteiger partial charge in [0.15, 0.2) is 0 Å². The van der Waals surface area contributed by atoms with Gasteiger partial charge >= 0.3 is 0 Å². The second-order valence-electron chi connectivity index (χ2n) is 6.16. The van der Waals surface area contributed by atoms with Gasteiger partial charge < -0.3 is 14.7 Å². The van der Waals surface area contributed by atoms with E-state index in [-0.39, 0.29) is 11.9 Å². The molecule has 0 bridgehead atoms. The van der Waals surface area contributed by atoms with Gasteiger partial charge in [0.2, 0.25) is 5.91 Å². The molecule has 1 amide bonds. The van der Waals surface area contributed by atoms with Crippen LogP contribution in [0.2, 0.25) is 5.02 Å². The second-order valence-corrected chi connectivity index (χ2v) is 6.60. The van der Waals surface area contributed by atoms with Crippen LogP contribution in [0.15, 0.2) is 24.3 Å². The van der Waals surface area contributed by atoms with Crippen LogP contribution in [0.1, 0.15) is 24.5 Å². The highest BCUT2D eigenvalue weighted by molar-refractivity contribution is 6.30. The summed E-state index contributed by atoms with van der Waals surface area (Å²) in [7, 11) is 0. The Morgan fingerprint density at radius 3 is 2.87 bits per heavy atom. The standard InChI is InChI=1S/C17H23ClN2O3/c18-14-4-1-3-13(11-14)16(21)12-20-6-2-5-15(20)17(22)19-7-9-23-10-8-19/h1,3-4,11,15-16,21H,2,5-10,12H2. The predicted molar refractivity (Wildman–Crippen MR) is 88.4 cm³/mol. The molecule has 0 saturated carbocycles. The molecule has 2 fully saturated rings. The Balaban J connectivity index is 1.63. The van der Waals surface area contributed by atoms with Crippen molar-refractivity contribution >= 4 is 17.5 Å². The number of rotatable bonds is 4. The Morgan fingerprint density at radius 1 is 1.35 bits per heavy atom. The van der Waals surface area contributed by atoms with E-state index < -0.39 is 6.10 Å². The Morgan fingerprint density at radius 2 is 2.13 bits per heavy atom. The number of amides is 1. The summed E-state index contributed by atoms with van der Waals surface area (Å²) in [6.07, 6.45) is 1.22. The van der Waals surface area contributed by atoms with Crippen LogP contribution in [0.3, 0.4) is 0 Å². The smallest absolute Gasteiger partial charge is 0.240 e. The van der Waals surface area contributed by atoms with Gasteiger partial charge in [-0.2, -0.15) is 0 Å². The number of nitrogens with zero attached hydrogens (tertiary/aromatic N) is 2. The number of hydrogen-bond acceptors (Lipinski definition) is 4. The Hall–Kier alpha value is -1.14. The van der Waals surface area contributed by atoms with E-state index in [1.54, 1.807) is 12.1 Å². The highest BCUT2D eigenvalue weighted by Crippen LogP contribution is 2.25. The van der Waals surface area contributed by atoms with Gasteiger partial charge in [-0.15, -0.1) is 0 Å². The van der Waals surface area contributed by atoms with E-state index in [1.165, 1.54) is 0 Å². The molecule has 0 spiro atoms. The van der Waals surface area contributed by atoms with Crippen LogP contribution in [-0.4, -0.2) is 66.2 Å². The number of benzene rings is 1. The van der Waals surface area contributed by atoms with Gasteiger partial charge in [-0.05, 0) is 37.1 Å². The minimum Gasteiger partial charge on any atom is -0.387 e. The minimum absolute atomic E-state index is 0.123. The van der Waals surface area contributed by atoms with Gasteiger partial charge in [0.1, 0.15) is 0 Å². The number of likely N-dealkylation sites (tertiary alicyclic amines) is 1. The first-order valence-corrected chi connectivity index (χ1v) is 8.57. The molecule has 3 rings (SSSR count). The lowest BCUT2D eigenvalue weighted by Crippen LogP contribution is -2.50. The Bertz CT molecular complexity index is 548. The summed E-state index contributed by atoms with van der Waals surface area (Å²) in [4.78, 5) is 16.7. The highest BCUT2D eigenvalue weighted by Gasteiger charge is 2.35. The van der Waals surface area contributed by atoms with E-state index in [1.807, 2.05) is 17.0 Å². The van der Waals surface area contributed by atoms with Crippen molar-refractivity contribution in [1.29, 1.82) is 0 Å². The predicted octanol–water partition coefficient (Wildman–Crippen LogP) is 1.70. The van der Waals surface area contributed by atoms with E-state index in [9.17, 15) is 9.90 Å². The van der Waals surface area contributed by atoms with Gasteiger partial charge in [-0.3, -0.25) is 9.69 Å². The van der Waals surface area contributed by atoms with Crippen molar-refractivity contribution in [3.8, 4) is 0 Å². The van der Waals surface area contributed by atoms with Crippen molar-refractivity contribution in [3.05, 3.63) is 34.9 Å². The zero-order valence-corrected chi connectivity index (χ0v) is 13.9. The lowest BCUT2D eigenvalue weighted by Gasteiger charge is -2.33. The van der Waals surface area contributed by atoms with Gasteiger partial charge in [-0.1, -0.05) is 23.7 Å². The van der Waals surface area contributed by atoms with Crippen LogP contribution in [0.25, 0.3) is 0 Å². The molecule has 0 aromatic heterocycles. The van der Waals surface area contributed by atoms with Crippen LogP contribution in [0, 0.1) is 0 Å². The van der Waals surface area contributed by atoms with Crippen LogP contribution in [0.4, 0.5) is 0 Å². The van der Waals surface area contributed by atoms with Crippen molar-refractivity contribution in [2.24, 2.45) is 0 Å². The van der Waals surface area contributed by atoms with Gasteiger partial charge in [0, 0.05) is 24.7 Å². The van der Waals surface area contributed by atoms with Gasteiger partial charge in [0.25, 0.3) is 0 Å². The van der Waals surface area contributed by atoms with E-state index in [0.29, 0.717) is 37.9 Å². The van der Waals surface area contributed by atoms with Crippen molar-refractivity contribution in [3.63, 3.8) is 0 Å². The van der Waals surface area contributed by atoms with Crippen LogP contribution >= 0.6 is 11.6 Å². The van der Waals surface area contributed by atoms with Gasteiger partial charge in [-0.25, -0.2) is 0 Å². The molecule has 2 atom stereocenters. The summed E-state index contributed by atoms with van der Waals surface area (Å²) in [5, 5.41) is 11.1. The zero-order chi connectivity index (χ0) is 16.2. The number of halogens is 1. The average molecular weight is 339 g/mol. The van der Waals surface area contributed by atoms with Crippen LogP contribution in [0.5, 0.6) is 0 Å². The zero-order valence-electron chi connectivity index (χ0n) is 13.2. The molecule has 2 aliphatic rings. The maximum Gasteiger partial charge on any atom is 0.240 e. The summed E-state index contributed by atoms with van der Waals surface area (Å²) < 4.78 is 5.31. The fourth-order valence-electron chi connectivity index (χ4n) is 3.36. The summed E-state index contributed by atoms with van der Waals surface area (Å²) >= 11 is 5.99. The van der Waals surface area contributed by atoms with E-state index in [0.717, 1.165) is 24.9 Å². The number of hydrogen-bond donors (Lipinski definition) is 1. The third-order valence-corrected chi connectivity index (χ3v) is 4.85. The summed E-state index contributed by atoms with van der Waals surface area (Å²) in [5.74, 6) is 0.170. The molecule has 126 valence electrons. The van der Waals surface area contributed by atoms with Crippen LogP contribution in [-0.2, 0) is 9.53 Å². The number of morpholine rings is 1. The third-order valence-electron chi connectivity index (χ3n) is 4.61. The Labute approximate surface area is 141 Å². The average Bonchev–Trinajstić information content (AvgIpc) is 3.03. The number of carbonyl (C=O) groups is 1. The van der Waals surface area contributed by atoms with Crippen molar-refractivity contribution in [1.82, 2.24) is 9.80 Å². The first-order valence-electron chi connectivity index (χ1n) is 8.19. The lowest BCUT2D eigenvalue weighted by atomic mass is 10.1. The Kier molecular flexibility index (Phi) is 5.54. The van der Waals surface area contributed by atoms with Crippen molar-refractivity contribution in [2.45, 2.75) is 25.0 Å². The molecule has 6 heteroatoms. The molecule has 0 radical (unpaired) electrons. The molecular weight excluding hydrogens is 316 g/mol. The minimum atomic E-state index is -0.633. The van der Waals surface area contributed by atoms with Crippen LogP contribution < -0.4 is 0 Å². The number of carbonyl (C=O) groups excluding carboxylic acids is 1. The molecule has 2 saturated heterocycles. The molecule has 5 nitrogen and oxygen atoms in total. The molecule has 2 heterocycles. The van der Waals surface area contributed by atoms with E-state index in [4.69, 9.17) is 16.3 Å². The maximum atomic E-state index is 12.7. The second kappa shape index (κ2) is 7.62. The summed E-state index contributed by atoms with van der Waals surface area (Å²) in [5.41, 5.74) is 0.793. The first kappa shape index (κ1) is 16.7.